The van der Waals surface area contributed by atoms with Gasteiger partial charge in [-0.25, -0.2) is 0 Å². The second-order valence-electron chi connectivity index (χ2n) is 3.99. The molecule has 0 bridgehead atoms. The van der Waals surface area contributed by atoms with Crippen LogP contribution in [0.15, 0.2) is 0 Å². The maximum Gasteiger partial charge on any atom is 0.238 e. The van der Waals surface area contributed by atoms with Crippen LogP contribution in [0.5, 0.6) is 0 Å². The lowest BCUT2D eigenvalue weighted by atomic mass is 10.2. The summed E-state index contributed by atoms with van der Waals surface area (Å²) in [6.45, 7) is 2.85. The summed E-state index contributed by atoms with van der Waals surface area (Å²) in [4.78, 5) is 22.5. The molecule has 7 heteroatoms. The van der Waals surface area contributed by atoms with Crippen molar-refractivity contribution in [2.75, 3.05) is 46.6 Å². The van der Waals surface area contributed by atoms with E-state index in [2.05, 4.69) is 16.0 Å². The van der Waals surface area contributed by atoms with Gasteiger partial charge in [0, 0.05) is 26.8 Å². The number of nitrogens with one attached hydrogen (secondary N) is 3. The molecular weight excluding hydrogens is 238 g/mol. The second-order valence-corrected chi connectivity index (χ2v) is 3.99. The maximum atomic E-state index is 11.7. The molecule has 7 nitrogen and oxygen atoms in total. The minimum absolute atomic E-state index is 0.0782. The average molecular weight is 259 g/mol. The number of piperazine rings is 1. The first-order chi connectivity index (χ1) is 8.74. The van der Waals surface area contributed by atoms with Crippen LogP contribution in [0.1, 0.15) is 6.42 Å². The number of amides is 2. The van der Waals surface area contributed by atoms with E-state index in [4.69, 9.17) is 9.47 Å². The molecule has 0 aromatic heterocycles. The van der Waals surface area contributed by atoms with Crippen molar-refractivity contribution in [3.05, 3.63) is 0 Å². The van der Waals surface area contributed by atoms with E-state index < -0.39 is 0 Å². The van der Waals surface area contributed by atoms with Crippen LogP contribution in [-0.2, 0) is 19.1 Å². The average Bonchev–Trinajstić information content (AvgIpc) is 2.38. The third kappa shape index (κ3) is 5.95. The predicted octanol–water partition coefficient (Wildman–Crippen LogP) is -1.76. The Morgan fingerprint density at radius 1 is 1.44 bits per heavy atom. The molecule has 1 unspecified atom stereocenters. The molecule has 2 amide bonds. The van der Waals surface area contributed by atoms with Crippen LogP contribution >= 0.6 is 0 Å². The van der Waals surface area contributed by atoms with E-state index >= 15 is 0 Å². The molecule has 0 aromatic rings. The van der Waals surface area contributed by atoms with Crippen LogP contribution in [-0.4, -0.2) is 64.4 Å². The van der Waals surface area contributed by atoms with Crippen molar-refractivity contribution in [1.82, 2.24) is 16.0 Å². The van der Waals surface area contributed by atoms with Crippen molar-refractivity contribution < 1.29 is 19.1 Å². The Kier molecular flexibility index (Phi) is 7.31. The number of carbonyl (C=O) groups is 2. The zero-order chi connectivity index (χ0) is 13.2. The molecule has 0 radical (unpaired) electrons. The molecule has 1 atom stereocenters. The summed E-state index contributed by atoms with van der Waals surface area (Å²) in [6.07, 6.45) is 0.758. The highest BCUT2D eigenvalue weighted by molar-refractivity contribution is 5.86. The van der Waals surface area contributed by atoms with Crippen molar-refractivity contribution in [1.29, 1.82) is 0 Å². The summed E-state index contributed by atoms with van der Waals surface area (Å²) < 4.78 is 10.1. The van der Waals surface area contributed by atoms with Crippen LogP contribution in [0.25, 0.3) is 0 Å². The minimum atomic E-state index is -0.336. The monoisotopic (exact) mass is 259 g/mol. The van der Waals surface area contributed by atoms with Crippen LogP contribution in [0.4, 0.5) is 0 Å². The number of rotatable bonds is 8. The van der Waals surface area contributed by atoms with E-state index in [0.717, 1.165) is 6.42 Å². The number of ether oxygens (including phenoxy) is 2. The van der Waals surface area contributed by atoms with E-state index in [0.29, 0.717) is 32.9 Å². The molecule has 1 aliphatic rings. The van der Waals surface area contributed by atoms with Crippen LogP contribution < -0.4 is 16.0 Å². The van der Waals surface area contributed by atoms with Gasteiger partial charge in [-0.05, 0) is 6.42 Å². The Morgan fingerprint density at radius 2 is 2.28 bits per heavy atom. The van der Waals surface area contributed by atoms with Gasteiger partial charge in [0.15, 0.2) is 0 Å². The molecule has 1 fully saturated rings. The smallest absolute Gasteiger partial charge is 0.238 e. The van der Waals surface area contributed by atoms with Crippen molar-refractivity contribution >= 4 is 11.8 Å². The van der Waals surface area contributed by atoms with E-state index in [1.807, 2.05) is 0 Å². The molecular formula is C11H21N3O4. The summed E-state index contributed by atoms with van der Waals surface area (Å²) in [5, 5.41) is 8.30. The van der Waals surface area contributed by atoms with Gasteiger partial charge in [0.1, 0.15) is 6.04 Å². The first kappa shape index (κ1) is 14.9. The van der Waals surface area contributed by atoms with E-state index in [1.165, 1.54) is 0 Å². The third-order valence-electron chi connectivity index (χ3n) is 2.53. The Bertz CT molecular complexity index is 263. The van der Waals surface area contributed by atoms with E-state index in [-0.39, 0.29) is 24.4 Å². The van der Waals surface area contributed by atoms with Crippen molar-refractivity contribution in [3.8, 4) is 0 Å². The summed E-state index contributed by atoms with van der Waals surface area (Å²) in [5.74, 6) is -0.169. The molecule has 0 spiro atoms. The highest BCUT2D eigenvalue weighted by Gasteiger charge is 2.22. The largest absolute Gasteiger partial charge is 0.382 e. The highest BCUT2D eigenvalue weighted by atomic mass is 16.5. The molecule has 3 N–H and O–H groups in total. The van der Waals surface area contributed by atoms with Crippen LogP contribution in [0.3, 0.4) is 0 Å². The minimum Gasteiger partial charge on any atom is -0.382 e. The molecule has 1 rings (SSSR count). The van der Waals surface area contributed by atoms with Crippen LogP contribution in [0.2, 0.25) is 0 Å². The zero-order valence-electron chi connectivity index (χ0n) is 10.7. The molecule has 0 aromatic carbocycles. The zero-order valence-corrected chi connectivity index (χ0v) is 10.7. The fourth-order valence-corrected chi connectivity index (χ4v) is 1.51. The number of hydrogen-bond acceptors (Lipinski definition) is 5. The molecule has 18 heavy (non-hydrogen) atoms. The van der Waals surface area contributed by atoms with Gasteiger partial charge in [-0.15, -0.1) is 0 Å². The topological polar surface area (TPSA) is 88.7 Å². The Morgan fingerprint density at radius 3 is 2.94 bits per heavy atom. The van der Waals surface area contributed by atoms with Gasteiger partial charge in [-0.2, -0.15) is 0 Å². The van der Waals surface area contributed by atoms with Crippen LogP contribution in [0, 0.1) is 0 Å². The fraction of sp³-hybridized carbons (Fsp3) is 0.818. The molecule has 1 aliphatic heterocycles. The number of carbonyl (C=O) groups excluding carboxylic acids is 2. The predicted molar refractivity (Wildman–Crippen MR) is 65.1 cm³/mol. The summed E-state index contributed by atoms with van der Waals surface area (Å²) in [6, 6.07) is -0.336. The van der Waals surface area contributed by atoms with Gasteiger partial charge in [0.25, 0.3) is 0 Å². The standard InChI is InChI=1S/C11H21N3O4/c1-17-5-6-18-4-2-3-12-11(16)9-7-14-10(15)8-13-9/h9,13H,2-8H2,1H3,(H,12,16)(H,14,15). The van der Waals surface area contributed by atoms with Crippen molar-refractivity contribution in [3.63, 3.8) is 0 Å². The van der Waals surface area contributed by atoms with Crippen molar-refractivity contribution in [2.24, 2.45) is 0 Å². The molecule has 1 heterocycles. The maximum absolute atomic E-state index is 11.7. The SMILES string of the molecule is COCCOCCCNC(=O)C1CNC(=O)CN1. The van der Waals surface area contributed by atoms with E-state index in [1.54, 1.807) is 7.11 Å². The fourth-order valence-electron chi connectivity index (χ4n) is 1.51. The van der Waals surface area contributed by atoms with Gasteiger partial charge in [0.2, 0.25) is 11.8 Å². The lowest BCUT2D eigenvalue weighted by Gasteiger charge is -2.23. The lowest BCUT2D eigenvalue weighted by molar-refractivity contribution is -0.126. The summed E-state index contributed by atoms with van der Waals surface area (Å²) >= 11 is 0. The quantitative estimate of drug-likeness (QED) is 0.450. The molecule has 0 aliphatic carbocycles. The lowest BCUT2D eigenvalue weighted by Crippen LogP contribution is -2.58. The van der Waals surface area contributed by atoms with Gasteiger partial charge in [0.05, 0.1) is 19.8 Å². The third-order valence-corrected chi connectivity index (χ3v) is 2.53. The molecule has 0 saturated carbocycles. The summed E-state index contributed by atoms with van der Waals surface area (Å²) in [7, 11) is 1.62. The Hall–Kier alpha value is -1.18. The Labute approximate surface area is 107 Å². The first-order valence-corrected chi connectivity index (χ1v) is 6.08. The van der Waals surface area contributed by atoms with Crippen molar-refractivity contribution in [2.45, 2.75) is 12.5 Å². The number of methoxy groups -OCH3 is 1. The van der Waals surface area contributed by atoms with Gasteiger partial charge < -0.3 is 20.1 Å². The Balaban J connectivity index is 1.98. The highest BCUT2D eigenvalue weighted by Crippen LogP contribution is 1.89. The molecule has 1 saturated heterocycles. The van der Waals surface area contributed by atoms with E-state index in [9.17, 15) is 9.59 Å². The van der Waals surface area contributed by atoms with Gasteiger partial charge >= 0.3 is 0 Å². The second kappa shape index (κ2) is 8.84. The van der Waals surface area contributed by atoms with Gasteiger partial charge in [-0.3, -0.25) is 14.9 Å². The first-order valence-electron chi connectivity index (χ1n) is 6.08. The molecule has 104 valence electrons. The van der Waals surface area contributed by atoms with Gasteiger partial charge in [-0.1, -0.05) is 0 Å². The number of hydrogen-bond donors (Lipinski definition) is 3. The normalized spacial score (nSPS) is 19.4. The summed E-state index contributed by atoms with van der Waals surface area (Å²) in [5.41, 5.74) is 0.